The molecule has 2 N–H and O–H groups in total. The van der Waals surface area contributed by atoms with Gasteiger partial charge in [0.2, 0.25) is 0 Å². The third-order valence-electron chi connectivity index (χ3n) is 12.6. The van der Waals surface area contributed by atoms with Crippen LogP contribution >= 0.6 is 11.3 Å². The number of hydrogen-bond donors (Lipinski definition) is 2. The molecule has 10 nitrogen and oxygen atoms in total. The van der Waals surface area contributed by atoms with Gasteiger partial charge in [-0.05, 0) is 136 Å². The minimum absolute atomic E-state index is 0.0312. The predicted octanol–water partition coefficient (Wildman–Crippen LogP) is 9.45. The van der Waals surface area contributed by atoms with E-state index in [1.54, 1.807) is 12.3 Å². The van der Waals surface area contributed by atoms with Gasteiger partial charge in [-0.1, -0.05) is 37.3 Å². The zero-order valence-corrected chi connectivity index (χ0v) is 33.8. The van der Waals surface area contributed by atoms with Gasteiger partial charge in [0.05, 0.1) is 27.6 Å². The number of carboxylic acids is 1. The standard InChI is InChI=1S/C44H49FN6O4S/c1-26-30(17-46-51(26)25-43-20-41(5)19-42(6,21-43)23-44(22-41,24-43)55-40(2,3)4)28-12-14-35(48-36(28)38(53)54)50-16-15-27-31(18-50)29(11-13-32(27)45)37(52)49-39-47-33-9-7-8-10-34(33)56-39/h7-14,17H,15-16,18-25H2,1-6H3,(H,53,54)(H,47,49,52). The third-order valence-corrected chi connectivity index (χ3v) is 13.5. The summed E-state index contributed by atoms with van der Waals surface area (Å²) in [4.78, 5) is 37.6. The molecule has 4 bridgehead atoms. The minimum Gasteiger partial charge on any atom is -0.476 e. The predicted molar refractivity (Wildman–Crippen MR) is 216 cm³/mol. The molecule has 0 saturated heterocycles. The first kappa shape index (κ1) is 36.9. The molecular formula is C44H49FN6O4S. The third kappa shape index (κ3) is 6.48. The van der Waals surface area contributed by atoms with Crippen LogP contribution in [0.5, 0.6) is 0 Å². The fourth-order valence-electron chi connectivity index (χ4n) is 12.1. The van der Waals surface area contributed by atoms with Crippen molar-refractivity contribution in [3.05, 3.63) is 88.6 Å². The Bertz CT molecular complexity index is 2370. The van der Waals surface area contributed by atoms with Crippen molar-refractivity contribution in [3.63, 3.8) is 0 Å². The zero-order valence-electron chi connectivity index (χ0n) is 33.0. The molecule has 0 spiro atoms. The number of carbonyl (C=O) groups excluding carboxylic acids is 1. The highest BCUT2D eigenvalue weighted by Crippen LogP contribution is 2.72. The van der Waals surface area contributed by atoms with Crippen LogP contribution in [0.15, 0.2) is 54.7 Å². The van der Waals surface area contributed by atoms with Gasteiger partial charge >= 0.3 is 5.97 Å². The van der Waals surface area contributed by atoms with Crippen LogP contribution in [0.2, 0.25) is 0 Å². The molecule has 56 heavy (non-hydrogen) atoms. The van der Waals surface area contributed by atoms with Gasteiger partial charge in [0.25, 0.3) is 5.91 Å². The van der Waals surface area contributed by atoms with Crippen molar-refractivity contribution in [2.75, 3.05) is 16.8 Å². The van der Waals surface area contributed by atoms with E-state index in [9.17, 15) is 14.7 Å². The van der Waals surface area contributed by atoms with E-state index < -0.39 is 5.97 Å². The molecule has 2 unspecified atom stereocenters. The van der Waals surface area contributed by atoms with E-state index in [4.69, 9.17) is 14.8 Å². The molecule has 4 fully saturated rings. The lowest BCUT2D eigenvalue weighted by Gasteiger charge is -2.70. The van der Waals surface area contributed by atoms with Crippen LogP contribution in [-0.4, -0.2) is 54.5 Å². The van der Waals surface area contributed by atoms with Crippen LogP contribution in [0.4, 0.5) is 15.3 Å². The quantitative estimate of drug-likeness (QED) is 0.160. The molecule has 3 aromatic heterocycles. The average Bonchev–Trinajstić information content (AvgIpc) is 3.66. The van der Waals surface area contributed by atoms with E-state index in [1.165, 1.54) is 29.9 Å². The van der Waals surface area contributed by atoms with Crippen molar-refractivity contribution in [2.24, 2.45) is 16.2 Å². The second-order valence-corrected chi connectivity index (χ2v) is 19.9. The van der Waals surface area contributed by atoms with Gasteiger partial charge in [-0.2, -0.15) is 5.10 Å². The summed E-state index contributed by atoms with van der Waals surface area (Å²) in [6.45, 7) is 14.8. The molecule has 2 atom stereocenters. The normalized spacial score (nSPS) is 26.8. The summed E-state index contributed by atoms with van der Waals surface area (Å²) < 4.78 is 25.2. The van der Waals surface area contributed by atoms with Gasteiger partial charge in [-0.3, -0.25) is 14.8 Å². The first-order valence-electron chi connectivity index (χ1n) is 19.6. The molecule has 12 heteroatoms. The maximum atomic E-state index is 15.2. The summed E-state index contributed by atoms with van der Waals surface area (Å²) in [5, 5.41) is 18.8. The number of aromatic nitrogens is 4. The second-order valence-electron chi connectivity index (χ2n) is 18.9. The number of para-hydroxylation sites is 1. The van der Waals surface area contributed by atoms with Crippen LogP contribution in [-0.2, 0) is 24.2 Å². The van der Waals surface area contributed by atoms with Crippen LogP contribution in [0.1, 0.15) is 111 Å². The van der Waals surface area contributed by atoms with Crippen LogP contribution < -0.4 is 10.2 Å². The Morgan fingerprint density at radius 3 is 2.41 bits per heavy atom. The largest absolute Gasteiger partial charge is 0.476 e. The smallest absolute Gasteiger partial charge is 0.355 e. The number of benzene rings is 2. The van der Waals surface area contributed by atoms with Gasteiger partial charge in [0, 0.05) is 42.0 Å². The van der Waals surface area contributed by atoms with Gasteiger partial charge in [-0.25, -0.2) is 19.2 Å². The fourth-order valence-corrected chi connectivity index (χ4v) is 12.9. The van der Waals surface area contributed by atoms with Crippen molar-refractivity contribution in [1.29, 1.82) is 0 Å². The number of carbonyl (C=O) groups is 2. The maximum absolute atomic E-state index is 15.2. The summed E-state index contributed by atoms with van der Waals surface area (Å²) in [7, 11) is 0. The Kier molecular flexibility index (Phi) is 8.35. The molecule has 10 rings (SSSR count). The first-order valence-corrected chi connectivity index (χ1v) is 20.4. The first-order chi connectivity index (χ1) is 26.4. The number of pyridine rings is 1. The van der Waals surface area contributed by atoms with Gasteiger partial charge in [-0.15, -0.1) is 0 Å². The number of carboxylic acid groups (broad SMARTS) is 1. The van der Waals surface area contributed by atoms with E-state index in [2.05, 4.69) is 49.6 Å². The van der Waals surface area contributed by atoms with Crippen molar-refractivity contribution in [2.45, 2.75) is 111 Å². The monoisotopic (exact) mass is 776 g/mol. The number of halogens is 1. The van der Waals surface area contributed by atoms with E-state index in [0.29, 0.717) is 46.2 Å². The van der Waals surface area contributed by atoms with Crippen molar-refractivity contribution < 1.29 is 23.8 Å². The summed E-state index contributed by atoms with van der Waals surface area (Å²) in [6, 6.07) is 14.1. The number of thiazole rings is 1. The molecule has 5 aliphatic rings. The number of hydrogen-bond acceptors (Lipinski definition) is 8. The lowest BCUT2D eigenvalue weighted by Crippen LogP contribution is -2.65. The highest BCUT2D eigenvalue weighted by Gasteiger charge is 2.66. The van der Waals surface area contributed by atoms with Crippen LogP contribution in [0, 0.1) is 29.0 Å². The summed E-state index contributed by atoms with van der Waals surface area (Å²) in [5.41, 5.74) is 4.30. The van der Waals surface area contributed by atoms with Gasteiger partial charge < -0.3 is 14.7 Å². The van der Waals surface area contributed by atoms with Gasteiger partial charge in [0.15, 0.2) is 10.8 Å². The molecule has 4 saturated carbocycles. The Labute approximate surface area is 330 Å². The second kappa shape index (κ2) is 12.7. The average molecular weight is 777 g/mol. The molecule has 4 aliphatic carbocycles. The molecule has 0 radical (unpaired) electrons. The highest BCUT2D eigenvalue weighted by atomic mass is 32.1. The van der Waals surface area contributed by atoms with Crippen molar-refractivity contribution in [1.82, 2.24) is 19.7 Å². The van der Waals surface area contributed by atoms with E-state index in [0.717, 1.165) is 60.1 Å². The number of nitrogens with zero attached hydrogens (tertiary/aromatic N) is 5. The van der Waals surface area contributed by atoms with Gasteiger partial charge in [0.1, 0.15) is 11.6 Å². The Balaban J connectivity index is 0.984. The minimum atomic E-state index is -1.14. The molecule has 1 aliphatic heterocycles. The summed E-state index contributed by atoms with van der Waals surface area (Å²) in [5.74, 6) is -1.44. The molecular weight excluding hydrogens is 728 g/mol. The number of aromatic carboxylic acids is 1. The van der Waals surface area contributed by atoms with E-state index in [-0.39, 0.29) is 51.4 Å². The number of anilines is 2. The fraction of sp³-hybridized carbons (Fsp3) is 0.477. The summed E-state index contributed by atoms with van der Waals surface area (Å²) in [6.07, 6.45) is 8.78. The number of fused-ring (bicyclic) bond motifs is 2. The van der Waals surface area contributed by atoms with E-state index in [1.807, 2.05) is 42.2 Å². The van der Waals surface area contributed by atoms with E-state index >= 15 is 4.39 Å². The van der Waals surface area contributed by atoms with Crippen molar-refractivity contribution in [3.8, 4) is 11.1 Å². The SMILES string of the molecule is Cc1c(-c2ccc(N3CCc4c(F)ccc(C(=O)Nc5nc6ccccc6s5)c4C3)nc2C(=O)O)cnn1CC12CC3(C)CC(C)(C1)CC(OC(C)(C)C)(C3)C2. The van der Waals surface area contributed by atoms with Crippen LogP contribution in [0.3, 0.4) is 0 Å². The lowest BCUT2D eigenvalue weighted by molar-refractivity contribution is -0.275. The topological polar surface area (TPSA) is 122 Å². The molecule has 1 amide bonds. The molecule has 5 aromatic rings. The molecule has 4 heterocycles. The number of amides is 1. The molecule has 2 aromatic carbocycles. The number of rotatable bonds is 8. The Morgan fingerprint density at radius 1 is 0.946 bits per heavy atom. The lowest BCUT2D eigenvalue weighted by atomic mass is 9.39. The van der Waals surface area contributed by atoms with Crippen LogP contribution in [0.25, 0.3) is 21.3 Å². The Morgan fingerprint density at radius 2 is 1.70 bits per heavy atom. The van der Waals surface area contributed by atoms with Crippen molar-refractivity contribution >= 4 is 44.4 Å². The highest BCUT2D eigenvalue weighted by molar-refractivity contribution is 7.22. The number of ether oxygens (including phenoxy) is 1. The molecule has 292 valence electrons. The number of nitrogens with one attached hydrogen (secondary N) is 1. The Hall–Kier alpha value is -4.68. The zero-order chi connectivity index (χ0) is 39.4. The maximum Gasteiger partial charge on any atom is 0.355 e. The summed E-state index contributed by atoms with van der Waals surface area (Å²) >= 11 is 1.38.